The van der Waals surface area contributed by atoms with Crippen molar-refractivity contribution in [1.82, 2.24) is 0 Å². The van der Waals surface area contributed by atoms with Gasteiger partial charge in [0.2, 0.25) is 0 Å². The average molecular weight is 278 g/mol. The van der Waals surface area contributed by atoms with Crippen molar-refractivity contribution in [3.63, 3.8) is 0 Å². The van der Waals surface area contributed by atoms with Crippen LogP contribution in [0.25, 0.3) is 0 Å². The van der Waals surface area contributed by atoms with Gasteiger partial charge in [0.1, 0.15) is 5.75 Å². The van der Waals surface area contributed by atoms with E-state index in [1.807, 2.05) is 25.1 Å². The van der Waals surface area contributed by atoms with Crippen molar-refractivity contribution in [2.24, 2.45) is 0 Å². The molecule has 2 fully saturated rings. The molecule has 3 rings (SSSR count). The van der Waals surface area contributed by atoms with Crippen molar-refractivity contribution in [2.45, 2.75) is 25.6 Å². The minimum atomic E-state index is -0.326. The van der Waals surface area contributed by atoms with E-state index in [4.69, 9.17) is 19.9 Å². The summed E-state index contributed by atoms with van der Waals surface area (Å²) in [6.45, 7) is 5.88. The number of rotatable bonds is 3. The molecule has 0 amide bonds. The molecule has 0 unspecified atom stereocenters. The lowest BCUT2D eigenvalue weighted by atomic mass is 10.0. The van der Waals surface area contributed by atoms with E-state index in [1.54, 1.807) is 0 Å². The molecule has 0 aromatic heterocycles. The molecule has 5 heteroatoms. The molecule has 0 bridgehead atoms. The third-order valence-electron chi connectivity index (χ3n) is 4.00. The third kappa shape index (κ3) is 2.55. The van der Waals surface area contributed by atoms with Crippen molar-refractivity contribution in [1.29, 1.82) is 0 Å². The Labute approximate surface area is 119 Å². The molecule has 0 aliphatic carbocycles. The largest absolute Gasteiger partial charge is 0.492 e. The van der Waals surface area contributed by atoms with Gasteiger partial charge in [-0.1, -0.05) is 0 Å². The van der Waals surface area contributed by atoms with Crippen molar-refractivity contribution < 1.29 is 14.2 Å². The number of benzene rings is 1. The van der Waals surface area contributed by atoms with E-state index in [0.29, 0.717) is 12.3 Å². The van der Waals surface area contributed by atoms with Crippen LogP contribution in [-0.4, -0.2) is 38.7 Å². The Bertz CT molecular complexity index is 462. The van der Waals surface area contributed by atoms with E-state index in [2.05, 4.69) is 4.90 Å². The van der Waals surface area contributed by atoms with Crippen LogP contribution in [0.4, 0.5) is 11.4 Å². The molecule has 2 saturated heterocycles. The number of ether oxygens (including phenoxy) is 3. The first-order chi connectivity index (χ1) is 9.72. The molecular formula is C15H22N2O3. The maximum Gasteiger partial charge on any atom is 0.171 e. The zero-order chi connectivity index (χ0) is 14.0. The molecule has 2 aliphatic heterocycles. The highest BCUT2D eigenvalue weighted by Gasteiger charge is 2.39. The molecule has 1 spiro atoms. The minimum Gasteiger partial charge on any atom is -0.492 e. The highest BCUT2D eigenvalue weighted by atomic mass is 16.7. The van der Waals surface area contributed by atoms with E-state index in [0.717, 1.165) is 50.6 Å². The van der Waals surface area contributed by atoms with Crippen LogP contribution in [0.5, 0.6) is 5.75 Å². The third-order valence-corrected chi connectivity index (χ3v) is 4.00. The highest BCUT2D eigenvalue weighted by Crippen LogP contribution is 2.35. The lowest BCUT2D eigenvalue weighted by Gasteiger charge is -2.38. The van der Waals surface area contributed by atoms with Crippen molar-refractivity contribution in [3.8, 4) is 5.75 Å². The summed E-state index contributed by atoms with van der Waals surface area (Å²) in [4.78, 5) is 2.33. The Hall–Kier alpha value is -1.46. The summed E-state index contributed by atoms with van der Waals surface area (Å²) in [5.74, 6) is 0.436. The fraction of sp³-hybridized carbons (Fsp3) is 0.600. The first kappa shape index (κ1) is 13.5. The van der Waals surface area contributed by atoms with Gasteiger partial charge in [0.15, 0.2) is 5.79 Å². The van der Waals surface area contributed by atoms with Gasteiger partial charge in [0, 0.05) is 37.7 Å². The zero-order valence-electron chi connectivity index (χ0n) is 11.9. The number of nitrogen functional groups attached to an aromatic ring is 1. The predicted molar refractivity (Wildman–Crippen MR) is 78.1 cm³/mol. The lowest BCUT2D eigenvalue weighted by Crippen LogP contribution is -2.45. The number of piperidine rings is 1. The van der Waals surface area contributed by atoms with Crippen LogP contribution in [0, 0.1) is 0 Å². The van der Waals surface area contributed by atoms with Crippen molar-refractivity contribution >= 4 is 11.4 Å². The van der Waals surface area contributed by atoms with Gasteiger partial charge in [-0.3, -0.25) is 0 Å². The molecule has 2 aliphatic rings. The van der Waals surface area contributed by atoms with Gasteiger partial charge in [-0.25, -0.2) is 0 Å². The van der Waals surface area contributed by atoms with Crippen LogP contribution >= 0.6 is 0 Å². The smallest absolute Gasteiger partial charge is 0.171 e. The van der Waals surface area contributed by atoms with Gasteiger partial charge >= 0.3 is 0 Å². The van der Waals surface area contributed by atoms with Gasteiger partial charge in [-0.15, -0.1) is 0 Å². The first-order valence-electron chi connectivity index (χ1n) is 7.28. The van der Waals surface area contributed by atoms with E-state index < -0.39 is 0 Å². The Morgan fingerprint density at radius 2 is 1.95 bits per heavy atom. The Kier molecular flexibility index (Phi) is 3.72. The minimum absolute atomic E-state index is 0.326. The van der Waals surface area contributed by atoms with Crippen LogP contribution in [0.2, 0.25) is 0 Å². The quantitative estimate of drug-likeness (QED) is 0.857. The SMILES string of the molecule is CCOc1cc(N2CCC3(CC2)OCCO3)ccc1N. The summed E-state index contributed by atoms with van der Waals surface area (Å²) in [6, 6.07) is 5.98. The second-order valence-electron chi connectivity index (χ2n) is 5.25. The second-order valence-corrected chi connectivity index (χ2v) is 5.25. The summed E-state index contributed by atoms with van der Waals surface area (Å²) in [6.07, 6.45) is 1.81. The predicted octanol–water partition coefficient (Wildman–Crippen LogP) is 2.01. The van der Waals surface area contributed by atoms with Gasteiger partial charge in [-0.2, -0.15) is 0 Å². The van der Waals surface area contributed by atoms with E-state index >= 15 is 0 Å². The van der Waals surface area contributed by atoms with Crippen LogP contribution in [0.3, 0.4) is 0 Å². The summed E-state index contributed by atoms with van der Waals surface area (Å²) in [7, 11) is 0. The highest BCUT2D eigenvalue weighted by molar-refractivity contribution is 5.62. The topological polar surface area (TPSA) is 57.0 Å². The number of nitrogens with zero attached hydrogens (tertiary/aromatic N) is 1. The van der Waals surface area contributed by atoms with E-state index in [9.17, 15) is 0 Å². The molecule has 0 saturated carbocycles. The monoisotopic (exact) mass is 278 g/mol. The van der Waals surface area contributed by atoms with E-state index in [-0.39, 0.29) is 5.79 Å². The molecule has 110 valence electrons. The van der Waals surface area contributed by atoms with Crippen LogP contribution in [-0.2, 0) is 9.47 Å². The van der Waals surface area contributed by atoms with Crippen LogP contribution in [0.1, 0.15) is 19.8 Å². The van der Waals surface area contributed by atoms with Crippen molar-refractivity contribution in [2.75, 3.05) is 43.5 Å². The molecule has 2 N–H and O–H groups in total. The standard InChI is InChI=1S/C15H22N2O3/c1-2-18-14-11-12(3-4-13(14)16)17-7-5-15(6-8-17)19-9-10-20-15/h3-4,11H,2,5-10,16H2,1H3. The Morgan fingerprint density at radius 1 is 1.25 bits per heavy atom. The maximum atomic E-state index is 5.92. The fourth-order valence-corrected chi connectivity index (χ4v) is 2.89. The van der Waals surface area contributed by atoms with E-state index in [1.165, 1.54) is 0 Å². The normalized spacial score (nSPS) is 21.4. The summed E-state index contributed by atoms with van der Waals surface area (Å²) >= 11 is 0. The van der Waals surface area contributed by atoms with Crippen LogP contribution < -0.4 is 15.4 Å². The number of nitrogens with two attached hydrogens (primary N) is 1. The molecule has 20 heavy (non-hydrogen) atoms. The van der Waals surface area contributed by atoms with Gasteiger partial charge in [0.05, 0.1) is 25.5 Å². The number of anilines is 2. The zero-order valence-corrected chi connectivity index (χ0v) is 11.9. The molecule has 2 heterocycles. The summed E-state index contributed by atoms with van der Waals surface area (Å²) < 4.78 is 17.1. The van der Waals surface area contributed by atoms with Gasteiger partial charge in [-0.05, 0) is 19.1 Å². The molecule has 1 aromatic carbocycles. The molecule has 5 nitrogen and oxygen atoms in total. The number of hydrogen-bond donors (Lipinski definition) is 1. The summed E-state index contributed by atoms with van der Waals surface area (Å²) in [5.41, 5.74) is 7.75. The van der Waals surface area contributed by atoms with Gasteiger partial charge in [0.25, 0.3) is 0 Å². The molecule has 0 radical (unpaired) electrons. The second kappa shape index (κ2) is 5.50. The van der Waals surface area contributed by atoms with Gasteiger partial charge < -0.3 is 24.8 Å². The first-order valence-corrected chi connectivity index (χ1v) is 7.28. The lowest BCUT2D eigenvalue weighted by molar-refractivity contribution is -0.169. The van der Waals surface area contributed by atoms with Crippen LogP contribution in [0.15, 0.2) is 18.2 Å². The van der Waals surface area contributed by atoms with Crippen molar-refractivity contribution in [3.05, 3.63) is 18.2 Å². The average Bonchev–Trinajstić information content (AvgIpc) is 2.91. The Balaban J connectivity index is 1.69. The summed E-state index contributed by atoms with van der Waals surface area (Å²) in [5, 5.41) is 0. The molecule has 1 aromatic rings. The molecular weight excluding hydrogens is 256 g/mol. The fourth-order valence-electron chi connectivity index (χ4n) is 2.89. The maximum absolute atomic E-state index is 5.92. The molecule has 0 atom stereocenters. The number of hydrogen-bond acceptors (Lipinski definition) is 5. The Morgan fingerprint density at radius 3 is 2.60 bits per heavy atom.